The predicted molar refractivity (Wildman–Crippen MR) is 78.9 cm³/mol. The van der Waals surface area contributed by atoms with E-state index in [1.54, 1.807) is 0 Å². The molecule has 0 unspecified atom stereocenters. The first kappa shape index (κ1) is 15.1. The first-order chi connectivity index (χ1) is 9.29. The maximum atomic E-state index is 12.0. The smallest absolute Gasteiger partial charge is 0.260 e. The molecule has 106 valence electrons. The fourth-order valence-electron chi connectivity index (χ4n) is 1.48. The predicted octanol–water partition coefficient (Wildman–Crippen LogP) is 3.35. The third-order valence-corrected chi connectivity index (χ3v) is 4.53. The first-order valence-corrected chi connectivity index (χ1v) is 8.39. The van der Waals surface area contributed by atoms with Crippen LogP contribution in [0.1, 0.15) is 10.4 Å². The Labute approximate surface area is 129 Å². The summed E-state index contributed by atoms with van der Waals surface area (Å²) in [6.45, 7) is 0. The van der Waals surface area contributed by atoms with Gasteiger partial charge >= 0.3 is 0 Å². The summed E-state index contributed by atoms with van der Waals surface area (Å²) in [6, 6.07) is 5.58. The van der Waals surface area contributed by atoms with Crippen LogP contribution in [0.2, 0.25) is 5.02 Å². The van der Waals surface area contributed by atoms with E-state index in [0.717, 1.165) is 6.26 Å². The minimum Gasteiger partial charge on any atom is -0.457 e. The number of anilines is 1. The van der Waals surface area contributed by atoms with E-state index < -0.39 is 15.7 Å². The molecule has 8 heteroatoms. The third-order valence-electron chi connectivity index (χ3n) is 2.48. The highest BCUT2D eigenvalue weighted by molar-refractivity contribution is 9.10. The minimum absolute atomic E-state index is 0.0726. The number of hydrogen-bond donors (Lipinski definition) is 1. The molecule has 1 amide bonds. The lowest BCUT2D eigenvalue weighted by molar-refractivity contribution is 0.102. The maximum Gasteiger partial charge on any atom is 0.260 e. The number of carbonyl (C=O) groups excluding carboxylic acids is 1. The van der Waals surface area contributed by atoms with Crippen LogP contribution in [0, 0.1) is 0 Å². The van der Waals surface area contributed by atoms with E-state index in [1.165, 1.54) is 30.5 Å². The summed E-state index contributed by atoms with van der Waals surface area (Å²) in [4.78, 5) is 12.1. The van der Waals surface area contributed by atoms with E-state index in [1.807, 2.05) is 0 Å². The molecule has 1 aromatic heterocycles. The maximum absolute atomic E-state index is 12.0. The number of nitrogens with one attached hydrogen (secondary N) is 1. The van der Waals surface area contributed by atoms with Crippen molar-refractivity contribution < 1.29 is 17.6 Å². The van der Waals surface area contributed by atoms with E-state index >= 15 is 0 Å². The molecule has 0 aliphatic rings. The summed E-state index contributed by atoms with van der Waals surface area (Å²) < 4.78 is 28.2. The average molecular weight is 379 g/mol. The molecule has 20 heavy (non-hydrogen) atoms. The topological polar surface area (TPSA) is 76.4 Å². The Balaban J connectivity index is 2.34. The molecule has 0 fully saturated rings. The van der Waals surface area contributed by atoms with Gasteiger partial charge in [-0.05, 0) is 40.2 Å². The van der Waals surface area contributed by atoms with Crippen molar-refractivity contribution in [2.45, 2.75) is 4.90 Å². The van der Waals surface area contributed by atoms with E-state index in [-0.39, 0.29) is 25.8 Å². The summed E-state index contributed by atoms with van der Waals surface area (Å²) in [7, 11) is -3.38. The minimum atomic E-state index is -3.38. The number of carbonyl (C=O) groups is 1. The highest BCUT2D eigenvalue weighted by Crippen LogP contribution is 2.27. The lowest BCUT2D eigenvalue weighted by atomic mass is 10.2. The number of halogens is 2. The van der Waals surface area contributed by atoms with Gasteiger partial charge in [0.2, 0.25) is 0 Å². The van der Waals surface area contributed by atoms with E-state index in [2.05, 4.69) is 21.2 Å². The first-order valence-electron chi connectivity index (χ1n) is 5.33. The van der Waals surface area contributed by atoms with Gasteiger partial charge in [0.15, 0.2) is 14.5 Å². The van der Waals surface area contributed by atoms with Crippen molar-refractivity contribution in [1.29, 1.82) is 0 Å². The molecular weight excluding hydrogens is 370 g/mol. The van der Waals surface area contributed by atoms with Crippen LogP contribution in [0.25, 0.3) is 0 Å². The van der Waals surface area contributed by atoms with Crippen molar-refractivity contribution >= 4 is 49.0 Å². The zero-order valence-corrected chi connectivity index (χ0v) is 13.3. The van der Waals surface area contributed by atoms with Gasteiger partial charge in [-0.3, -0.25) is 4.79 Å². The molecule has 0 atom stereocenters. The summed E-state index contributed by atoms with van der Waals surface area (Å²) >= 11 is 9.04. The standard InChI is InChI=1S/C12H9BrClNO4S/c1-20(17,18)7-2-3-9(14)10(6-7)15-12(16)8-4-5-19-11(8)13/h2-6H,1H3,(H,15,16). The SMILES string of the molecule is CS(=O)(=O)c1ccc(Cl)c(NC(=O)c2ccoc2Br)c1. The Morgan fingerprint density at radius 2 is 2.05 bits per heavy atom. The molecule has 0 bridgehead atoms. The average Bonchev–Trinajstić information content (AvgIpc) is 2.77. The fourth-order valence-corrected chi connectivity index (χ4v) is 2.71. The van der Waals surface area contributed by atoms with Crippen LogP contribution in [0.3, 0.4) is 0 Å². The van der Waals surface area contributed by atoms with Crippen LogP contribution in [-0.2, 0) is 9.84 Å². The van der Waals surface area contributed by atoms with Gasteiger partial charge in [0.1, 0.15) is 0 Å². The van der Waals surface area contributed by atoms with Gasteiger partial charge in [-0.25, -0.2) is 8.42 Å². The molecule has 0 saturated carbocycles. The molecule has 5 nitrogen and oxygen atoms in total. The second-order valence-corrected chi connectivity index (χ2v) is 7.12. The molecule has 1 N–H and O–H groups in total. The monoisotopic (exact) mass is 377 g/mol. The molecule has 0 spiro atoms. The molecule has 0 aliphatic heterocycles. The van der Waals surface area contributed by atoms with Crippen LogP contribution in [0.4, 0.5) is 5.69 Å². The number of benzene rings is 1. The van der Waals surface area contributed by atoms with Gasteiger partial charge in [0.05, 0.1) is 27.4 Å². The van der Waals surface area contributed by atoms with Crippen molar-refractivity contribution in [2.75, 3.05) is 11.6 Å². The molecular formula is C12H9BrClNO4S. The summed E-state index contributed by atoms with van der Waals surface area (Å²) in [5.41, 5.74) is 0.499. The Bertz CT molecular complexity index is 770. The number of hydrogen-bond acceptors (Lipinski definition) is 4. The van der Waals surface area contributed by atoms with Gasteiger partial charge in [-0.1, -0.05) is 11.6 Å². The van der Waals surface area contributed by atoms with E-state index in [4.69, 9.17) is 16.0 Å². The highest BCUT2D eigenvalue weighted by atomic mass is 79.9. The lowest BCUT2D eigenvalue weighted by Crippen LogP contribution is -2.12. The van der Waals surface area contributed by atoms with E-state index in [0.29, 0.717) is 0 Å². The van der Waals surface area contributed by atoms with Gasteiger partial charge in [0, 0.05) is 6.26 Å². The van der Waals surface area contributed by atoms with Crippen molar-refractivity contribution in [2.24, 2.45) is 0 Å². The summed E-state index contributed by atoms with van der Waals surface area (Å²) in [5.74, 6) is -0.460. The molecule has 0 radical (unpaired) electrons. The van der Waals surface area contributed by atoms with Crippen LogP contribution in [-0.4, -0.2) is 20.6 Å². The zero-order valence-electron chi connectivity index (χ0n) is 10.2. The Morgan fingerprint density at radius 1 is 1.35 bits per heavy atom. The number of furan rings is 1. The number of sulfone groups is 1. The van der Waals surface area contributed by atoms with Crippen LogP contribution < -0.4 is 5.32 Å². The molecule has 1 aromatic carbocycles. The number of amides is 1. The zero-order chi connectivity index (χ0) is 14.9. The fraction of sp³-hybridized carbons (Fsp3) is 0.0833. The Morgan fingerprint density at radius 3 is 2.60 bits per heavy atom. The Hall–Kier alpha value is -1.31. The quantitative estimate of drug-likeness (QED) is 0.888. The second-order valence-electron chi connectivity index (χ2n) is 3.98. The molecule has 2 rings (SSSR count). The molecule has 0 aliphatic carbocycles. The van der Waals surface area contributed by atoms with Crippen molar-refractivity contribution in [1.82, 2.24) is 0 Å². The van der Waals surface area contributed by atoms with Crippen LogP contribution in [0.5, 0.6) is 0 Å². The Kier molecular flexibility index (Phi) is 4.22. The van der Waals surface area contributed by atoms with Gasteiger partial charge in [-0.2, -0.15) is 0 Å². The summed E-state index contributed by atoms with van der Waals surface area (Å²) in [6.07, 6.45) is 2.43. The summed E-state index contributed by atoms with van der Waals surface area (Å²) in [5, 5.41) is 2.78. The highest BCUT2D eigenvalue weighted by Gasteiger charge is 2.16. The van der Waals surface area contributed by atoms with Crippen LogP contribution in [0.15, 0.2) is 44.5 Å². The number of rotatable bonds is 3. The normalized spacial score (nSPS) is 11.3. The third kappa shape index (κ3) is 3.23. The van der Waals surface area contributed by atoms with Crippen LogP contribution >= 0.6 is 27.5 Å². The molecule has 1 heterocycles. The lowest BCUT2D eigenvalue weighted by Gasteiger charge is -2.08. The van der Waals surface area contributed by atoms with E-state index in [9.17, 15) is 13.2 Å². The van der Waals surface area contributed by atoms with Gasteiger partial charge in [-0.15, -0.1) is 0 Å². The largest absolute Gasteiger partial charge is 0.457 e. The van der Waals surface area contributed by atoms with Gasteiger partial charge < -0.3 is 9.73 Å². The molecule has 0 saturated heterocycles. The molecule has 2 aromatic rings. The van der Waals surface area contributed by atoms with Gasteiger partial charge in [0.25, 0.3) is 5.91 Å². The van der Waals surface area contributed by atoms with Crippen molar-refractivity contribution in [3.8, 4) is 0 Å². The van der Waals surface area contributed by atoms with Crippen molar-refractivity contribution in [3.63, 3.8) is 0 Å². The van der Waals surface area contributed by atoms with Crippen molar-refractivity contribution in [3.05, 3.63) is 45.8 Å². The second kappa shape index (κ2) is 5.59.